The van der Waals surface area contributed by atoms with E-state index in [2.05, 4.69) is 4.99 Å². The summed E-state index contributed by atoms with van der Waals surface area (Å²) >= 11 is 0. The molecule has 0 saturated heterocycles. The van der Waals surface area contributed by atoms with Gasteiger partial charge in [-0.05, 0) is 17.7 Å². The van der Waals surface area contributed by atoms with E-state index in [0.29, 0.717) is 22.4 Å². The molecule has 7 heteroatoms. The third kappa shape index (κ3) is 2.27. The monoisotopic (exact) mass is 389 g/mol. The van der Waals surface area contributed by atoms with Crippen LogP contribution in [0.5, 0.6) is 0 Å². The smallest absolute Gasteiger partial charge is 0.293 e. The molecule has 29 heavy (non-hydrogen) atoms. The lowest BCUT2D eigenvalue weighted by molar-refractivity contribution is 0.0953. The number of nitrogens with zero attached hydrogens (tertiary/aromatic N) is 3. The van der Waals surface area contributed by atoms with Crippen molar-refractivity contribution in [2.75, 3.05) is 0 Å². The molecule has 0 saturated carbocycles. The number of halogens is 1. The first-order valence-corrected chi connectivity index (χ1v) is 9.17. The van der Waals surface area contributed by atoms with Gasteiger partial charge in [0.25, 0.3) is 5.56 Å². The number of benzene rings is 2. The van der Waals surface area contributed by atoms with E-state index < -0.39 is 28.9 Å². The Morgan fingerprint density at radius 3 is 2.34 bits per heavy atom. The number of ketones is 1. The fourth-order valence-electron chi connectivity index (χ4n) is 4.43. The van der Waals surface area contributed by atoms with Crippen LogP contribution in [0.3, 0.4) is 0 Å². The summed E-state index contributed by atoms with van der Waals surface area (Å²) in [6, 6.07) is 13.0. The van der Waals surface area contributed by atoms with E-state index in [-0.39, 0.29) is 17.2 Å². The molecule has 0 unspecified atom stereocenters. The highest BCUT2D eigenvalue weighted by atomic mass is 19.1. The molecule has 1 aliphatic carbocycles. The summed E-state index contributed by atoms with van der Waals surface area (Å²) in [7, 11) is 2.92. The molecule has 2 aliphatic rings. The zero-order valence-corrected chi connectivity index (χ0v) is 15.7. The second kappa shape index (κ2) is 5.94. The van der Waals surface area contributed by atoms with E-state index in [4.69, 9.17) is 0 Å². The summed E-state index contributed by atoms with van der Waals surface area (Å²) in [4.78, 5) is 43.5. The Morgan fingerprint density at radius 1 is 0.897 bits per heavy atom. The highest BCUT2D eigenvalue weighted by Gasteiger charge is 2.47. The number of hydrogen-bond donors (Lipinski definition) is 0. The maximum atomic E-state index is 14.1. The van der Waals surface area contributed by atoms with Crippen LogP contribution in [0.15, 0.2) is 63.1 Å². The molecule has 6 nitrogen and oxygen atoms in total. The van der Waals surface area contributed by atoms with Crippen molar-refractivity contribution in [2.45, 2.75) is 5.92 Å². The average molecular weight is 389 g/mol. The predicted octanol–water partition coefficient (Wildman–Crippen LogP) is 2.30. The molecular formula is C22H16FN3O3. The van der Waals surface area contributed by atoms with Gasteiger partial charge in [-0.1, -0.05) is 36.4 Å². The van der Waals surface area contributed by atoms with E-state index in [1.54, 1.807) is 30.3 Å². The van der Waals surface area contributed by atoms with E-state index in [1.165, 1.54) is 30.8 Å². The summed E-state index contributed by atoms with van der Waals surface area (Å²) < 4.78 is 16.4. The molecular weight excluding hydrogens is 373 g/mol. The van der Waals surface area contributed by atoms with Crippen LogP contribution in [0.25, 0.3) is 0 Å². The van der Waals surface area contributed by atoms with Crippen molar-refractivity contribution in [1.29, 1.82) is 0 Å². The summed E-state index contributed by atoms with van der Waals surface area (Å²) in [5, 5.41) is 0. The van der Waals surface area contributed by atoms with Crippen molar-refractivity contribution < 1.29 is 9.18 Å². The van der Waals surface area contributed by atoms with Gasteiger partial charge in [-0.25, -0.2) is 14.2 Å². The molecule has 2 heterocycles. The van der Waals surface area contributed by atoms with E-state index in [0.717, 1.165) is 4.57 Å². The van der Waals surface area contributed by atoms with Crippen molar-refractivity contribution >= 4 is 17.3 Å². The molecule has 2 atom stereocenters. The molecule has 1 aliphatic heterocycles. The summed E-state index contributed by atoms with van der Waals surface area (Å²) in [6.45, 7) is 0. The first-order chi connectivity index (χ1) is 13.9. The largest absolute Gasteiger partial charge is 0.332 e. The number of carbonyl (C=O) groups excluding carboxylic acids is 1. The SMILES string of the molecule is Cn1c2c(c(=O)n(C)c1=O)[C@@H](c1cccc(F)c1)[C@@H]1C(=O)c3ccccc3C1=N2. The van der Waals surface area contributed by atoms with Crippen LogP contribution in [0, 0.1) is 11.7 Å². The van der Waals surface area contributed by atoms with Crippen LogP contribution in [0.2, 0.25) is 0 Å². The Morgan fingerprint density at radius 2 is 1.62 bits per heavy atom. The van der Waals surface area contributed by atoms with Crippen molar-refractivity contribution in [2.24, 2.45) is 25.0 Å². The van der Waals surface area contributed by atoms with Crippen LogP contribution in [0.4, 0.5) is 10.2 Å². The van der Waals surface area contributed by atoms with Crippen molar-refractivity contribution in [3.63, 3.8) is 0 Å². The quantitative estimate of drug-likeness (QED) is 0.641. The van der Waals surface area contributed by atoms with Gasteiger partial charge >= 0.3 is 5.69 Å². The number of aliphatic imine (C=N–C) groups is 1. The number of hydrogen-bond acceptors (Lipinski definition) is 4. The molecule has 0 radical (unpaired) electrons. The average Bonchev–Trinajstić information content (AvgIpc) is 3.01. The Balaban J connectivity index is 1.92. The molecule has 0 N–H and O–H groups in total. The Kier molecular flexibility index (Phi) is 3.58. The Hall–Kier alpha value is -3.61. The Bertz CT molecular complexity index is 1370. The standard InChI is InChI=1S/C22H16FN3O3/c1-25-20-17(21(28)26(2)22(25)29)15(11-6-5-7-12(23)10-11)16-18(24-20)13-8-3-4-9-14(13)19(16)27/h3-10,15-16H,1-2H3/t15-,16-/m0/s1. The summed E-state index contributed by atoms with van der Waals surface area (Å²) in [6.07, 6.45) is 0. The number of fused-ring (bicyclic) bond motifs is 4. The van der Waals surface area contributed by atoms with Crippen molar-refractivity contribution in [3.8, 4) is 0 Å². The number of rotatable bonds is 1. The lowest BCUT2D eigenvalue weighted by Gasteiger charge is -2.29. The minimum absolute atomic E-state index is 0.157. The van der Waals surface area contributed by atoms with Crippen LogP contribution in [-0.2, 0) is 14.1 Å². The lowest BCUT2D eigenvalue weighted by atomic mass is 9.76. The number of Topliss-reactive ketones (excluding diaryl/α,β-unsaturated/α-hetero) is 1. The highest BCUT2D eigenvalue weighted by molar-refractivity contribution is 6.30. The van der Waals surface area contributed by atoms with Crippen LogP contribution in [0.1, 0.15) is 33.0 Å². The van der Waals surface area contributed by atoms with Crippen molar-refractivity contribution in [1.82, 2.24) is 9.13 Å². The zero-order valence-electron chi connectivity index (χ0n) is 15.7. The van der Waals surface area contributed by atoms with Crippen LogP contribution < -0.4 is 11.2 Å². The molecule has 0 amide bonds. The van der Waals surface area contributed by atoms with Gasteiger partial charge < -0.3 is 0 Å². The van der Waals surface area contributed by atoms with E-state index >= 15 is 0 Å². The third-order valence-electron chi connectivity index (χ3n) is 5.79. The topological polar surface area (TPSA) is 73.4 Å². The maximum Gasteiger partial charge on any atom is 0.332 e. The van der Waals surface area contributed by atoms with Gasteiger partial charge in [0.2, 0.25) is 0 Å². The predicted molar refractivity (Wildman–Crippen MR) is 106 cm³/mol. The normalized spacial score (nSPS) is 19.4. The minimum Gasteiger partial charge on any atom is -0.293 e. The van der Waals surface area contributed by atoms with Crippen LogP contribution in [-0.4, -0.2) is 20.6 Å². The highest BCUT2D eigenvalue weighted by Crippen LogP contribution is 2.46. The molecule has 0 spiro atoms. The van der Waals surface area contributed by atoms with Gasteiger partial charge in [0.1, 0.15) is 11.6 Å². The van der Waals surface area contributed by atoms with Crippen LogP contribution >= 0.6 is 0 Å². The molecule has 2 aromatic carbocycles. The molecule has 5 rings (SSSR count). The molecule has 144 valence electrons. The number of aromatic nitrogens is 2. The second-order valence-corrected chi connectivity index (χ2v) is 7.36. The second-order valence-electron chi connectivity index (χ2n) is 7.36. The van der Waals surface area contributed by atoms with Crippen molar-refractivity contribution in [3.05, 3.63) is 97.4 Å². The third-order valence-corrected chi connectivity index (χ3v) is 5.79. The fraction of sp³-hybridized carbons (Fsp3) is 0.182. The molecule has 0 bridgehead atoms. The van der Waals surface area contributed by atoms with E-state index in [9.17, 15) is 18.8 Å². The lowest BCUT2D eigenvalue weighted by Crippen LogP contribution is -2.43. The van der Waals surface area contributed by atoms with E-state index in [1.807, 2.05) is 6.07 Å². The summed E-state index contributed by atoms with van der Waals surface area (Å²) in [5.41, 5.74) is 1.41. The number of carbonyl (C=O) groups is 1. The summed E-state index contributed by atoms with van der Waals surface area (Å²) in [5.74, 6) is -1.89. The molecule has 0 fully saturated rings. The van der Waals surface area contributed by atoms with Gasteiger partial charge in [0.05, 0.1) is 17.2 Å². The molecule has 3 aromatic rings. The fourth-order valence-corrected chi connectivity index (χ4v) is 4.43. The zero-order chi connectivity index (χ0) is 20.4. The minimum atomic E-state index is -0.744. The maximum absolute atomic E-state index is 14.1. The van der Waals surface area contributed by atoms with Gasteiger partial charge in [-0.3, -0.25) is 18.7 Å². The Labute approximate surface area is 164 Å². The van der Waals surface area contributed by atoms with Gasteiger partial charge in [0, 0.05) is 31.1 Å². The first kappa shape index (κ1) is 17.5. The first-order valence-electron chi connectivity index (χ1n) is 9.17. The molecule has 1 aromatic heterocycles. The van der Waals surface area contributed by atoms with Gasteiger partial charge in [-0.2, -0.15) is 0 Å². The van der Waals surface area contributed by atoms with Gasteiger partial charge in [-0.15, -0.1) is 0 Å². The van der Waals surface area contributed by atoms with Gasteiger partial charge in [0.15, 0.2) is 5.78 Å².